The number of nitrogens with zero attached hydrogens (tertiary/aromatic N) is 2. The van der Waals surface area contributed by atoms with Gasteiger partial charge in [0.05, 0.1) is 6.42 Å². The largest absolute Gasteiger partial charge is 0.481 e. The van der Waals surface area contributed by atoms with Gasteiger partial charge in [-0.15, -0.1) is 0 Å². The molecule has 14 heavy (non-hydrogen) atoms. The molecule has 0 aromatic rings. The minimum absolute atomic E-state index is 0.000880. The van der Waals surface area contributed by atoms with E-state index in [9.17, 15) is 4.79 Å². The number of unbranched alkanes of at least 4 members (excludes halogenated alkanes) is 1. The highest BCUT2D eigenvalue weighted by atomic mass is 16.4. The Labute approximate surface area is 84.8 Å². The van der Waals surface area contributed by atoms with E-state index < -0.39 is 5.97 Å². The van der Waals surface area contributed by atoms with Gasteiger partial charge in [0.25, 0.3) is 0 Å². The van der Waals surface area contributed by atoms with Crippen molar-refractivity contribution >= 4 is 5.97 Å². The molecule has 1 aliphatic rings. The molecule has 0 bridgehead atoms. The first-order valence-electron chi connectivity index (χ1n) is 5.03. The molecule has 1 atom stereocenters. The number of carboxylic acids is 1. The number of hydrogen-bond donors (Lipinski definition) is 1. The van der Waals surface area contributed by atoms with Crippen LogP contribution in [0.2, 0.25) is 0 Å². The van der Waals surface area contributed by atoms with Crippen LogP contribution in [0.15, 0.2) is 12.4 Å². The van der Waals surface area contributed by atoms with Crippen LogP contribution < -0.4 is 0 Å². The SMILES string of the molecule is CCCCN1C=CN(C)C1CC(=O)O. The van der Waals surface area contributed by atoms with E-state index in [1.807, 2.05) is 24.3 Å². The number of rotatable bonds is 5. The van der Waals surface area contributed by atoms with Crippen molar-refractivity contribution in [1.82, 2.24) is 9.80 Å². The van der Waals surface area contributed by atoms with Crippen molar-refractivity contribution in [2.45, 2.75) is 32.4 Å². The van der Waals surface area contributed by atoms with Gasteiger partial charge in [0.2, 0.25) is 0 Å². The van der Waals surface area contributed by atoms with Gasteiger partial charge in [-0.1, -0.05) is 13.3 Å². The summed E-state index contributed by atoms with van der Waals surface area (Å²) in [7, 11) is 1.91. The molecule has 0 amide bonds. The van der Waals surface area contributed by atoms with Crippen LogP contribution in [0.5, 0.6) is 0 Å². The summed E-state index contributed by atoms with van der Waals surface area (Å²) >= 11 is 0. The van der Waals surface area contributed by atoms with Crippen LogP contribution in [0.1, 0.15) is 26.2 Å². The maximum atomic E-state index is 10.6. The summed E-state index contributed by atoms with van der Waals surface area (Å²) in [4.78, 5) is 14.7. The summed E-state index contributed by atoms with van der Waals surface area (Å²) in [5.41, 5.74) is 0. The maximum absolute atomic E-state index is 10.6. The Bertz CT molecular complexity index is 228. The zero-order valence-electron chi connectivity index (χ0n) is 8.81. The first-order valence-corrected chi connectivity index (χ1v) is 5.03. The third kappa shape index (κ3) is 2.65. The molecule has 4 heteroatoms. The van der Waals surface area contributed by atoms with Crippen molar-refractivity contribution in [2.75, 3.05) is 13.6 Å². The molecule has 80 valence electrons. The number of carboxylic acid groups (broad SMARTS) is 1. The molecule has 1 heterocycles. The van der Waals surface area contributed by atoms with Crippen LogP contribution >= 0.6 is 0 Å². The molecule has 4 nitrogen and oxygen atoms in total. The Hall–Kier alpha value is -1.19. The van der Waals surface area contributed by atoms with Crippen molar-refractivity contribution in [1.29, 1.82) is 0 Å². The summed E-state index contributed by atoms with van der Waals surface area (Å²) in [6.07, 6.45) is 6.32. The third-order valence-electron chi connectivity index (χ3n) is 2.47. The van der Waals surface area contributed by atoms with E-state index >= 15 is 0 Å². The lowest BCUT2D eigenvalue weighted by atomic mass is 10.2. The zero-order chi connectivity index (χ0) is 10.6. The second-order valence-electron chi connectivity index (χ2n) is 3.63. The van der Waals surface area contributed by atoms with Crippen LogP contribution in [0.25, 0.3) is 0 Å². The quantitative estimate of drug-likeness (QED) is 0.723. The molecule has 1 aliphatic heterocycles. The van der Waals surface area contributed by atoms with Gasteiger partial charge in [-0.05, 0) is 6.42 Å². The normalized spacial score (nSPS) is 20.6. The molecule has 1 rings (SSSR count). The van der Waals surface area contributed by atoms with Gasteiger partial charge in [0, 0.05) is 26.0 Å². The number of hydrogen-bond acceptors (Lipinski definition) is 3. The summed E-state index contributed by atoms with van der Waals surface area (Å²) in [5.74, 6) is -0.743. The molecule has 1 unspecified atom stereocenters. The Morgan fingerprint density at radius 1 is 1.50 bits per heavy atom. The van der Waals surface area contributed by atoms with Crippen LogP contribution in [-0.2, 0) is 4.79 Å². The fourth-order valence-corrected chi connectivity index (χ4v) is 1.61. The lowest BCUT2D eigenvalue weighted by Crippen LogP contribution is -2.38. The van der Waals surface area contributed by atoms with Crippen molar-refractivity contribution < 1.29 is 9.90 Å². The molecule has 0 saturated carbocycles. The van der Waals surface area contributed by atoms with Gasteiger partial charge in [-0.2, -0.15) is 0 Å². The summed E-state index contributed by atoms with van der Waals surface area (Å²) in [6.45, 7) is 3.07. The molecule has 0 saturated heterocycles. The predicted molar refractivity (Wildman–Crippen MR) is 54.6 cm³/mol. The summed E-state index contributed by atoms with van der Waals surface area (Å²) < 4.78 is 0. The standard InChI is InChI=1S/C10H18N2O2/c1-3-4-5-12-7-6-11(2)9(12)8-10(13)14/h6-7,9H,3-5,8H2,1-2H3,(H,13,14). The molecule has 0 radical (unpaired) electrons. The Kier molecular flexibility index (Phi) is 3.80. The minimum atomic E-state index is -0.743. The average Bonchev–Trinajstić information content (AvgIpc) is 2.45. The van der Waals surface area contributed by atoms with Crippen molar-refractivity contribution in [3.05, 3.63) is 12.4 Å². The molecule has 0 aliphatic carbocycles. The fraction of sp³-hybridized carbons (Fsp3) is 0.700. The van der Waals surface area contributed by atoms with Gasteiger partial charge in [0.1, 0.15) is 6.17 Å². The molecule has 0 aromatic heterocycles. The topological polar surface area (TPSA) is 43.8 Å². The zero-order valence-corrected chi connectivity index (χ0v) is 8.81. The van der Waals surface area contributed by atoms with E-state index in [2.05, 4.69) is 11.8 Å². The lowest BCUT2D eigenvalue weighted by molar-refractivity contribution is -0.139. The van der Waals surface area contributed by atoms with Crippen LogP contribution in [0.3, 0.4) is 0 Å². The molecule has 0 fully saturated rings. The van der Waals surface area contributed by atoms with E-state index in [0.717, 1.165) is 19.4 Å². The second kappa shape index (κ2) is 4.88. The van der Waals surface area contributed by atoms with Gasteiger partial charge >= 0.3 is 5.97 Å². The predicted octanol–water partition coefficient (Wildman–Crippen LogP) is 1.31. The third-order valence-corrected chi connectivity index (χ3v) is 2.47. The van der Waals surface area contributed by atoms with E-state index in [1.165, 1.54) is 0 Å². The molecular weight excluding hydrogens is 180 g/mol. The average molecular weight is 198 g/mol. The molecular formula is C10H18N2O2. The lowest BCUT2D eigenvalue weighted by Gasteiger charge is -2.29. The van der Waals surface area contributed by atoms with Gasteiger partial charge in [0.15, 0.2) is 0 Å². The molecule has 0 aromatic carbocycles. The Morgan fingerprint density at radius 3 is 2.79 bits per heavy atom. The first kappa shape index (κ1) is 10.9. The monoisotopic (exact) mass is 198 g/mol. The van der Waals surface area contributed by atoms with Crippen molar-refractivity contribution in [2.24, 2.45) is 0 Å². The van der Waals surface area contributed by atoms with Crippen LogP contribution in [0, 0.1) is 0 Å². The Morgan fingerprint density at radius 2 is 2.21 bits per heavy atom. The van der Waals surface area contributed by atoms with Crippen LogP contribution in [-0.4, -0.2) is 40.6 Å². The van der Waals surface area contributed by atoms with E-state index in [-0.39, 0.29) is 12.6 Å². The van der Waals surface area contributed by atoms with E-state index in [1.54, 1.807) is 0 Å². The first-order chi connectivity index (χ1) is 6.65. The van der Waals surface area contributed by atoms with Gasteiger partial charge in [-0.25, -0.2) is 0 Å². The minimum Gasteiger partial charge on any atom is -0.481 e. The fourth-order valence-electron chi connectivity index (χ4n) is 1.61. The number of aliphatic carboxylic acids is 1. The van der Waals surface area contributed by atoms with Gasteiger partial charge in [-0.3, -0.25) is 4.79 Å². The van der Waals surface area contributed by atoms with E-state index in [0.29, 0.717) is 0 Å². The van der Waals surface area contributed by atoms with E-state index in [4.69, 9.17) is 5.11 Å². The maximum Gasteiger partial charge on any atom is 0.307 e. The van der Waals surface area contributed by atoms with Crippen molar-refractivity contribution in [3.8, 4) is 0 Å². The van der Waals surface area contributed by atoms with Crippen molar-refractivity contribution in [3.63, 3.8) is 0 Å². The number of carbonyl (C=O) groups is 1. The molecule has 0 spiro atoms. The molecule has 1 N–H and O–H groups in total. The van der Waals surface area contributed by atoms with Crippen LogP contribution in [0.4, 0.5) is 0 Å². The van der Waals surface area contributed by atoms with Gasteiger partial charge < -0.3 is 14.9 Å². The summed E-state index contributed by atoms with van der Waals surface area (Å²) in [6, 6.07) is 0. The smallest absolute Gasteiger partial charge is 0.307 e. The highest BCUT2D eigenvalue weighted by Gasteiger charge is 2.25. The highest BCUT2D eigenvalue weighted by molar-refractivity contribution is 5.67. The summed E-state index contributed by atoms with van der Waals surface area (Å²) in [5, 5.41) is 8.75. The Balaban J connectivity index is 2.47. The second-order valence-corrected chi connectivity index (χ2v) is 3.63. The highest BCUT2D eigenvalue weighted by Crippen LogP contribution is 2.17.